The van der Waals surface area contributed by atoms with Crippen LogP contribution in [0.1, 0.15) is 44.0 Å². The molecule has 2 unspecified atom stereocenters. The van der Waals surface area contributed by atoms with E-state index in [0.29, 0.717) is 6.61 Å². The van der Waals surface area contributed by atoms with Gasteiger partial charge in [-0.15, -0.1) is 0 Å². The summed E-state index contributed by atoms with van der Waals surface area (Å²) in [6, 6.07) is 4.02. The zero-order valence-corrected chi connectivity index (χ0v) is 17.8. The predicted octanol–water partition coefficient (Wildman–Crippen LogP) is 3.06. The second-order valence-corrected chi connectivity index (χ2v) is 8.87. The Hall–Kier alpha value is -2.25. The molecule has 162 valence electrons. The lowest BCUT2D eigenvalue weighted by Gasteiger charge is -2.52. The van der Waals surface area contributed by atoms with Gasteiger partial charge in [-0.1, -0.05) is 13.3 Å². The third-order valence-electron chi connectivity index (χ3n) is 6.90. The maximum Gasteiger partial charge on any atom is 0.231 e. The number of piperidine rings is 1. The van der Waals surface area contributed by atoms with Crippen LogP contribution in [0.3, 0.4) is 0 Å². The molecule has 2 aliphatic heterocycles. The Kier molecular flexibility index (Phi) is 5.11. The highest BCUT2D eigenvalue weighted by molar-refractivity contribution is 5.52. The fourth-order valence-electron chi connectivity index (χ4n) is 5.46. The number of imidazole rings is 1. The highest BCUT2D eigenvalue weighted by Crippen LogP contribution is 2.49. The number of aromatic nitrogens is 2. The van der Waals surface area contributed by atoms with E-state index in [9.17, 15) is 5.11 Å². The van der Waals surface area contributed by atoms with Crippen LogP contribution in [-0.2, 0) is 19.2 Å². The summed E-state index contributed by atoms with van der Waals surface area (Å²) in [4.78, 5) is 6.99. The second kappa shape index (κ2) is 7.78. The molecular formula is C23H31N3O4. The van der Waals surface area contributed by atoms with Crippen molar-refractivity contribution in [2.75, 3.05) is 26.5 Å². The highest BCUT2D eigenvalue weighted by Gasteiger charge is 2.53. The summed E-state index contributed by atoms with van der Waals surface area (Å²) in [5.74, 6) is 3.59. The summed E-state index contributed by atoms with van der Waals surface area (Å²) in [6.45, 7) is 5.52. The monoisotopic (exact) mass is 413 g/mol. The molecule has 3 heterocycles. The van der Waals surface area contributed by atoms with Crippen molar-refractivity contribution in [1.82, 2.24) is 14.5 Å². The Labute approximate surface area is 177 Å². The second-order valence-electron chi connectivity index (χ2n) is 8.87. The zero-order valence-electron chi connectivity index (χ0n) is 17.8. The Balaban J connectivity index is 1.39. The maximum absolute atomic E-state index is 11.8. The topological polar surface area (TPSA) is 69.0 Å². The third-order valence-corrected chi connectivity index (χ3v) is 6.90. The molecule has 1 saturated carbocycles. The summed E-state index contributed by atoms with van der Waals surface area (Å²) >= 11 is 0. The smallest absolute Gasteiger partial charge is 0.231 e. The minimum atomic E-state index is -0.844. The lowest BCUT2D eigenvalue weighted by atomic mass is 9.65. The van der Waals surface area contributed by atoms with Crippen LogP contribution in [0.4, 0.5) is 0 Å². The van der Waals surface area contributed by atoms with Crippen LogP contribution in [0.25, 0.3) is 0 Å². The van der Waals surface area contributed by atoms with Gasteiger partial charge in [-0.3, -0.25) is 4.90 Å². The van der Waals surface area contributed by atoms with Crippen LogP contribution >= 0.6 is 0 Å². The van der Waals surface area contributed by atoms with Crippen LogP contribution < -0.4 is 14.2 Å². The molecule has 2 bridgehead atoms. The molecule has 3 aliphatic rings. The average molecular weight is 414 g/mol. The molecule has 1 N–H and O–H groups in total. The van der Waals surface area contributed by atoms with Crippen LogP contribution in [0.5, 0.6) is 17.2 Å². The number of aryl methyl sites for hydroxylation is 1. The SMILES string of the molecule is CCCOc1cc2c(cc1CN1CC3CCCC(C1)C3(O)c1nccn1C)OCO2. The van der Waals surface area contributed by atoms with Gasteiger partial charge in [0.15, 0.2) is 11.5 Å². The van der Waals surface area contributed by atoms with Gasteiger partial charge < -0.3 is 23.9 Å². The van der Waals surface area contributed by atoms with E-state index in [1.807, 2.05) is 23.9 Å². The predicted molar refractivity (Wildman–Crippen MR) is 112 cm³/mol. The van der Waals surface area contributed by atoms with Crippen molar-refractivity contribution in [3.05, 3.63) is 35.9 Å². The summed E-state index contributed by atoms with van der Waals surface area (Å²) in [5.41, 5.74) is 0.275. The summed E-state index contributed by atoms with van der Waals surface area (Å²) in [5, 5.41) is 11.8. The number of hydrogen-bond donors (Lipinski definition) is 1. The Morgan fingerprint density at radius 2 is 1.93 bits per heavy atom. The van der Waals surface area contributed by atoms with E-state index in [1.54, 1.807) is 6.20 Å². The molecule has 0 amide bonds. The Bertz CT molecular complexity index is 898. The number of aliphatic hydroxyl groups is 1. The zero-order chi connectivity index (χ0) is 20.7. The largest absolute Gasteiger partial charge is 0.493 e. The van der Waals surface area contributed by atoms with E-state index < -0.39 is 5.60 Å². The van der Waals surface area contributed by atoms with Gasteiger partial charge in [-0.2, -0.15) is 0 Å². The van der Waals surface area contributed by atoms with Crippen LogP contribution in [0.15, 0.2) is 24.5 Å². The molecule has 30 heavy (non-hydrogen) atoms. The molecule has 1 saturated heterocycles. The van der Waals surface area contributed by atoms with Crippen molar-refractivity contribution in [3.63, 3.8) is 0 Å². The van der Waals surface area contributed by atoms with E-state index in [4.69, 9.17) is 14.2 Å². The Morgan fingerprint density at radius 3 is 2.60 bits per heavy atom. The van der Waals surface area contributed by atoms with E-state index in [0.717, 1.165) is 67.5 Å². The van der Waals surface area contributed by atoms with Crippen molar-refractivity contribution in [1.29, 1.82) is 0 Å². The van der Waals surface area contributed by atoms with Gasteiger partial charge in [0.25, 0.3) is 0 Å². The summed E-state index contributed by atoms with van der Waals surface area (Å²) in [7, 11) is 1.98. The number of rotatable bonds is 6. The normalized spacial score (nSPS) is 28.0. The van der Waals surface area contributed by atoms with Crippen molar-refractivity contribution in [3.8, 4) is 17.2 Å². The molecule has 2 aromatic rings. The van der Waals surface area contributed by atoms with Gasteiger partial charge >= 0.3 is 0 Å². The van der Waals surface area contributed by atoms with E-state index in [2.05, 4.69) is 22.9 Å². The highest BCUT2D eigenvalue weighted by atomic mass is 16.7. The van der Waals surface area contributed by atoms with Crippen molar-refractivity contribution < 1.29 is 19.3 Å². The van der Waals surface area contributed by atoms with E-state index in [1.165, 1.54) is 6.42 Å². The first kappa shape index (κ1) is 19.7. The quantitative estimate of drug-likeness (QED) is 0.785. The van der Waals surface area contributed by atoms with E-state index >= 15 is 0 Å². The maximum atomic E-state index is 11.8. The molecule has 2 atom stereocenters. The van der Waals surface area contributed by atoms with Crippen molar-refractivity contribution in [2.24, 2.45) is 18.9 Å². The molecule has 7 nitrogen and oxygen atoms in total. The van der Waals surface area contributed by atoms with E-state index in [-0.39, 0.29) is 18.6 Å². The molecule has 5 rings (SSSR count). The molecule has 0 radical (unpaired) electrons. The number of fused-ring (bicyclic) bond motifs is 3. The fourth-order valence-corrected chi connectivity index (χ4v) is 5.46. The lowest BCUT2D eigenvalue weighted by molar-refractivity contribution is -0.155. The molecule has 1 aromatic carbocycles. The standard InChI is InChI=1S/C23H31N3O4/c1-3-9-28-19-11-21-20(29-15-30-21)10-16(19)12-26-13-17-5-4-6-18(14-26)23(17,27)22-24-7-8-25(22)2/h7-8,10-11,17-18,27H,3-6,9,12-15H2,1-2H3. The first-order valence-corrected chi connectivity index (χ1v) is 11.1. The first-order chi connectivity index (χ1) is 14.6. The number of hydrogen-bond acceptors (Lipinski definition) is 6. The van der Waals surface area contributed by atoms with Crippen LogP contribution in [0.2, 0.25) is 0 Å². The molecule has 1 aliphatic carbocycles. The first-order valence-electron chi connectivity index (χ1n) is 11.1. The van der Waals surface area contributed by atoms with Crippen LogP contribution in [0, 0.1) is 11.8 Å². The van der Waals surface area contributed by atoms with Gasteiger partial charge in [0.1, 0.15) is 17.2 Å². The van der Waals surface area contributed by atoms with Gasteiger partial charge in [0.2, 0.25) is 6.79 Å². The molecule has 2 fully saturated rings. The fraction of sp³-hybridized carbons (Fsp3) is 0.609. The van der Waals surface area contributed by atoms with Crippen molar-refractivity contribution in [2.45, 2.75) is 44.8 Å². The minimum absolute atomic E-state index is 0.181. The summed E-state index contributed by atoms with van der Waals surface area (Å²) < 4.78 is 19.2. The summed E-state index contributed by atoms with van der Waals surface area (Å²) in [6.07, 6.45) is 7.90. The Morgan fingerprint density at radius 1 is 1.20 bits per heavy atom. The third kappa shape index (κ3) is 3.24. The number of likely N-dealkylation sites (tertiary alicyclic amines) is 1. The van der Waals surface area contributed by atoms with Gasteiger partial charge in [-0.25, -0.2) is 4.98 Å². The molecule has 1 aromatic heterocycles. The number of benzene rings is 1. The number of ether oxygens (including phenoxy) is 3. The minimum Gasteiger partial charge on any atom is -0.493 e. The average Bonchev–Trinajstić information content (AvgIpc) is 3.35. The molecule has 7 heteroatoms. The van der Waals surface area contributed by atoms with Crippen LogP contribution in [-0.4, -0.2) is 46.0 Å². The number of nitrogens with zero attached hydrogens (tertiary/aromatic N) is 3. The lowest BCUT2D eigenvalue weighted by Crippen LogP contribution is -2.58. The van der Waals surface area contributed by atoms with Gasteiger partial charge in [0, 0.05) is 62.5 Å². The van der Waals surface area contributed by atoms with Gasteiger partial charge in [0.05, 0.1) is 6.61 Å². The molecular weight excluding hydrogens is 382 g/mol. The van der Waals surface area contributed by atoms with Gasteiger partial charge in [-0.05, 0) is 25.3 Å². The molecule has 0 spiro atoms. The van der Waals surface area contributed by atoms with Crippen molar-refractivity contribution >= 4 is 0 Å².